The van der Waals surface area contributed by atoms with Gasteiger partial charge in [0.15, 0.2) is 9.84 Å². The van der Waals surface area contributed by atoms with Crippen molar-refractivity contribution in [3.63, 3.8) is 0 Å². The largest absolute Gasteiger partial charge is 0.354 e. The summed E-state index contributed by atoms with van der Waals surface area (Å²) in [7, 11) is -3.43. The summed E-state index contributed by atoms with van der Waals surface area (Å²) in [6.45, 7) is 3.69. The third-order valence-corrected chi connectivity index (χ3v) is 4.85. The molecule has 112 valence electrons. The lowest BCUT2D eigenvalue weighted by atomic mass is 10.1. The molecule has 0 radical (unpaired) electrons. The highest BCUT2D eigenvalue weighted by Gasteiger charge is 2.18. The van der Waals surface area contributed by atoms with Crippen molar-refractivity contribution in [2.75, 3.05) is 12.3 Å². The van der Waals surface area contributed by atoms with Gasteiger partial charge in [-0.25, -0.2) is 8.42 Å². The Bertz CT molecular complexity index is 555. The van der Waals surface area contributed by atoms with Gasteiger partial charge in [-0.15, -0.1) is 0 Å². The summed E-state index contributed by atoms with van der Waals surface area (Å²) in [5.41, 5.74) is 5.66. The predicted octanol–water partition coefficient (Wildman–Crippen LogP) is 1.21. The lowest BCUT2D eigenvalue weighted by Crippen LogP contribution is -2.45. The summed E-state index contributed by atoms with van der Waals surface area (Å²) < 4.78 is 24.0. The average molecular weight is 319 g/mol. The molecule has 7 heteroatoms. The maximum atomic E-state index is 12.0. The topological polar surface area (TPSA) is 89.3 Å². The summed E-state index contributed by atoms with van der Waals surface area (Å²) in [5, 5.41) is 3.00. The van der Waals surface area contributed by atoms with Crippen molar-refractivity contribution in [3.8, 4) is 0 Å². The first-order valence-corrected chi connectivity index (χ1v) is 8.28. The second-order valence-electron chi connectivity index (χ2n) is 4.83. The van der Waals surface area contributed by atoms with E-state index in [1.807, 2.05) is 13.8 Å². The van der Waals surface area contributed by atoms with E-state index in [4.69, 9.17) is 17.3 Å². The fourth-order valence-corrected chi connectivity index (χ4v) is 2.77. The fraction of sp³-hybridized carbons (Fsp3) is 0.462. The molecular weight excluding hydrogens is 300 g/mol. The first-order chi connectivity index (χ1) is 9.24. The van der Waals surface area contributed by atoms with Gasteiger partial charge in [-0.2, -0.15) is 0 Å². The van der Waals surface area contributed by atoms with Gasteiger partial charge in [-0.05, 0) is 30.2 Å². The van der Waals surface area contributed by atoms with Crippen LogP contribution in [0, 0.1) is 5.92 Å². The Morgan fingerprint density at radius 3 is 2.35 bits per heavy atom. The normalized spacial score (nSPS) is 13.2. The zero-order valence-electron chi connectivity index (χ0n) is 11.5. The van der Waals surface area contributed by atoms with Crippen LogP contribution in [0.4, 0.5) is 0 Å². The van der Waals surface area contributed by atoms with Crippen LogP contribution in [0.25, 0.3) is 0 Å². The Morgan fingerprint density at radius 1 is 1.30 bits per heavy atom. The number of rotatable bonds is 6. The molecule has 0 fully saturated rings. The molecule has 0 aliphatic carbocycles. The van der Waals surface area contributed by atoms with Crippen LogP contribution in [0.1, 0.15) is 13.8 Å². The number of halogens is 1. The van der Waals surface area contributed by atoms with Gasteiger partial charge in [-0.3, -0.25) is 4.79 Å². The van der Waals surface area contributed by atoms with Crippen LogP contribution in [0.2, 0.25) is 5.02 Å². The Balaban J connectivity index is 2.57. The van der Waals surface area contributed by atoms with Gasteiger partial charge in [-0.1, -0.05) is 25.4 Å². The standard InChI is InChI=1S/C13H19ClN2O3S/c1-9(2)12(15)13(17)16-7-8-20(18,19)11-5-3-10(14)4-6-11/h3-6,9,12H,7-8,15H2,1-2H3,(H,16,17)/t12-/m0/s1. The zero-order chi connectivity index (χ0) is 15.3. The average Bonchev–Trinajstić information content (AvgIpc) is 2.37. The van der Waals surface area contributed by atoms with Crippen molar-refractivity contribution in [3.05, 3.63) is 29.3 Å². The second kappa shape index (κ2) is 7.06. The molecule has 1 aromatic carbocycles. The highest BCUT2D eigenvalue weighted by Crippen LogP contribution is 2.15. The monoisotopic (exact) mass is 318 g/mol. The molecule has 1 rings (SSSR count). The molecule has 1 atom stereocenters. The molecule has 0 spiro atoms. The van der Waals surface area contributed by atoms with Gasteiger partial charge in [0.25, 0.3) is 0 Å². The van der Waals surface area contributed by atoms with Gasteiger partial charge < -0.3 is 11.1 Å². The molecule has 0 saturated heterocycles. The van der Waals surface area contributed by atoms with Crippen LogP contribution < -0.4 is 11.1 Å². The highest BCUT2D eigenvalue weighted by atomic mass is 35.5. The molecule has 0 aromatic heterocycles. The lowest BCUT2D eigenvalue weighted by Gasteiger charge is -2.15. The Kier molecular flexibility index (Phi) is 5.98. The number of benzene rings is 1. The van der Waals surface area contributed by atoms with Gasteiger partial charge >= 0.3 is 0 Å². The van der Waals surface area contributed by atoms with Crippen molar-refractivity contribution in [1.29, 1.82) is 0 Å². The van der Waals surface area contributed by atoms with Crippen LogP contribution in [0.3, 0.4) is 0 Å². The second-order valence-corrected chi connectivity index (χ2v) is 7.38. The SMILES string of the molecule is CC(C)[C@H](N)C(=O)NCCS(=O)(=O)c1ccc(Cl)cc1. The van der Waals surface area contributed by atoms with Crippen LogP contribution in [0.15, 0.2) is 29.2 Å². The molecule has 0 aliphatic rings. The quantitative estimate of drug-likeness (QED) is 0.825. The van der Waals surface area contributed by atoms with E-state index in [9.17, 15) is 13.2 Å². The molecule has 0 bridgehead atoms. The van der Waals surface area contributed by atoms with Crippen molar-refractivity contribution in [2.24, 2.45) is 11.7 Å². The van der Waals surface area contributed by atoms with E-state index in [1.165, 1.54) is 24.3 Å². The Hall–Kier alpha value is -1.11. The van der Waals surface area contributed by atoms with Gasteiger partial charge in [0, 0.05) is 11.6 Å². The summed E-state index contributed by atoms with van der Waals surface area (Å²) in [6.07, 6.45) is 0. The van der Waals surface area contributed by atoms with Gasteiger partial charge in [0.2, 0.25) is 5.91 Å². The molecule has 0 aliphatic heterocycles. The molecule has 20 heavy (non-hydrogen) atoms. The lowest BCUT2D eigenvalue weighted by molar-refractivity contribution is -0.123. The minimum Gasteiger partial charge on any atom is -0.354 e. The van der Waals surface area contributed by atoms with Crippen LogP contribution in [-0.4, -0.2) is 32.7 Å². The van der Waals surface area contributed by atoms with E-state index < -0.39 is 15.9 Å². The molecule has 1 aromatic rings. The molecular formula is C13H19ClN2O3S. The minimum absolute atomic E-state index is 0.00266. The number of nitrogens with one attached hydrogen (secondary N) is 1. The first-order valence-electron chi connectivity index (χ1n) is 6.25. The minimum atomic E-state index is -3.43. The van der Waals surface area contributed by atoms with E-state index in [0.717, 1.165) is 0 Å². The van der Waals surface area contributed by atoms with Gasteiger partial charge in [0.05, 0.1) is 16.7 Å². The van der Waals surface area contributed by atoms with Crippen LogP contribution in [0.5, 0.6) is 0 Å². The molecule has 0 unspecified atom stereocenters. The number of carbonyl (C=O) groups excluding carboxylic acids is 1. The van der Waals surface area contributed by atoms with Crippen LogP contribution in [-0.2, 0) is 14.6 Å². The number of hydrogen-bond acceptors (Lipinski definition) is 4. The maximum Gasteiger partial charge on any atom is 0.237 e. The van der Waals surface area contributed by atoms with E-state index in [1.54, 1.807) is 0 Å². The first kappa shape index (κ1) is 16.9. The molecule has 0 heterocycles. The number of hydrogen-bond donors (Lipinski definition) is 2. The zero-order valence-corrected chi connectivity index (χ0v) is 13.0. The van der Waals surface area contributed by atoms with Crippen molar-refractivity contribution in [1.82, 2.24) is 5.32 Å². The Labute approximate surface area is 124 Å². The number of sulfone groups is 1. The van der Waals surface area contributed by atoms with E-state index in [0.29, 0.717) is 5.02 Å². The van der Waals surface area contributed by atoms with Crippen molar-refractivity contribution >= 4 is 27.3 Å². The Morgan fingerprint density at radius 2 is 1.85 bits per heavy atom. The van der Waals surface area contributed by atoms with E-state index in [-0.39, 0.29) is 29.0 Å². The highest BCUT2D eigenvalue weighted by molar-refractivity contribution is 7.91. The fourth-order valence-electron chi connectivity index (χ4n) is 1.49. The summed E-state index contributed by atoms with van der Waals surface area (Å²) in [4.78, 5) is 11.8. The number of nitrogens with two attached hydrogens (primary N) is 1. The van der Waals surface area contributed by atoms with Gasteiger partial charge in [0.1, 0.15) is 0 Å². The van der Waals surface area contributed by atoms with E-state index in [2.05, 4.69) is 5.32 Å². The maximum absolute atomic E-state index is 12.0. The molecule has 0 saturated carbocycles. The molecule has 5 nitrogen and oxygen atoms in total. The number of carbonyl (C=O) groups is 1. The predicted molar refractivity (Wildman–Crippen MR) is 79.3 cm³/mol. The van der Waals surface area contributed by atoms with Crippen LogP contribution >= 0.6 is 11.6 Å². The molecule has 3 N–H and O–H groups in total. The molecule has 1 amide bonds. The smallest absolute Gasteiger partial charge is 0.237 e. The number of amides is 1. The third kappa shape index (κ3) is 4.77. The van der Waals surface area contributed by atoms with Crippen molar-refractivity contribution in [2.45, 2.75) is 24.8 Å². The summed E-state index contributed by atoms with van der Waals surface area (Å²) >= 11 is 5.71. The summed E-state index contributed by atoms with van der Waals surface area (Å²) in [5.74, 6) is -0.514. The van der Waals surface area contributed by atoms with E-state index >= 15 is 0 Å². The van der Waals surface area contributed by atoms with Crippen molar-refractivity contribution < 1.29 is 13.2 Å². The third-order valence-electron chi connectivity index (χ3n) is 2.86. The summed E-state index contributed by atoms with van der Waals surface area (Å²) in [6, 6.07) is 5.29.